The quantitative estimate of drug-likeness (QED) is 0.743. The van der Waals surface area contributed by atoms with E-state index in [1.807, 2.05) is 6.07 Å². The van der Waals surface area contributed by atoms with Crippen LogP contribution in [0.2, 0.25) is 10.0 Å². The SMILES string of the molecule is Nc1cc(Cl)c(Cl)cc1NCCc1ccc(Br)s1. The van der Waals surface area contributed by atoms with Crippen molar-refractivity contribution >= 4 is 61.8 Å². The third kappa shape index (κ3) is 3.54. The molecule has 0 saturated carbocycles. The van der Waals surface area contributed by atoms with E-state index in [0.29, 0.717) is 15.7 Å². The number of halogens is 3. The van der Waals surface area contributed by atoms with Gasteiger partial charge in [-0.2, -0.15) is 0 Å². The molecule has 1 aromatic carbocycles. The summed E-state index contributed by atoms with van der Waals surface area (Å²) in [5.74, 6) is 0. The van der Waals surface area contributed by atoms with Gasteiger partial charge >= 0.3 is 0 Å². The van der Waals surface area contributed by atoms with Crippen molar-refractivity contribution in [2.75, 3.05) is 17.6 Å². The van der Waals surface area contributed by atoms with Crippen molar-refractivity contribution in [3.63, 3.8) is 0 Å². The van der Waals surface area contributed by atoms with Gasteiger partial charge in [0.1, 0.15) is 0 Å². The van der Waals surface area contributed by atoms with Gasteiger partial charge in [-0.15, -0.1) is 11.3 Å². The van der Waals surface area contributed by atoms with E-state index >= 15 is 0 Å². The Balaban J connectivity index is 1.96. The molecule has 18 heavy (non-hydrogen) atoms. The van der Waals surface area contributed by atoms with E-state index in [4.69, 9.17) is 28.9 Å². The second-order valence-corrected chi connectivity index (χ2v) is 7.10. The number of rotatable bonds is 4. The molecular weight excluding hydrogens is 355 g/mol. The van der Waals surface area contributed by atoms with Crippen LogP contribution in [0.3, 0.4) is 0 Å². The van der Waals surface area contributed by atoms with Gasteiger partial charge in [-0.1, -0.05) is 23.2 Å². The van der Waals surface area contributed by atoms with Crippen molar-refractivity contribution in [2.24, 2.45) is 0 Å². The number of hydrogen-bond acceptors (Lipinski definition) is 3. The second-order valence-electron chi connectivity index (χ2n) is 3.74. The van der Waals surface area contributed by atoms with Crippen LogP contribution < -0.4 is 11.1 Å². The molecule has 3 N–H and O–H groups in total. The number of nitrogen functional groups attached to an aromatic ring is 1. The standard InChI is InChI=1S/C12H11BrCl2N2S/c13-12-2-1-7(18-12)3-4-17-11-6-9(15)8(14)5-10(11)16/h1-2,5-6,17H,3-4,16H2. The lowest BCUT2D eigenvalue weighted by atomic mass is 10.2. The van der Waals surface area contributed by atoms with Gasteiger partial charge in [-0.3, -0.25) is 0 Å². The van der Waals surface area contributed by atoms with Gasteiger partial charge in [0, 0.05) is 11.4 Å². The summed E-state index contributed by atoms with van der Waals surface area (Å²) >= 11 is 17.0. The zero-order valence-electron chi connectivity index (χ0n) is 9.34. The van der Waals surface area contributed by atoms with Gasteiger partial charge in [-0.25, -0.2) is 0 Å². The van der Waals surface area contributed by atoms with Crippen LogP contribution in [0.1, 0.15) is 4.88 Å². The third-order valence-electron chi connectivity index (χ3n) is 2.41. The topological polar surface area (TPSA) is 38.0 Å². The maximum absolute atomic E-state index is 5.95. The number of hydrogen-bond donors (Lipinski definition) is 2. The van der Waals surface area contributed by atoms with Crippen LogP contribution in [0.15, 0.2) is 28.1 Å². The van der Waals surface area contributed by atoms with E-state index in [1.165, 1.54) is 4.88 Å². The average Bonchev–Trinajstić information content (AvgIpc) is 2.71. The molecule has 2 aromatic rings. The summed E-state index contributed by atoms with van der Waals surface area (Å²) in [6.07, 6.45) is 0.940. The minimum atomic E-state index is 0.474. The van der Waals surface area contributed by atoms with Crippen LogP contribution >= 0.6 is 50.5 Å². The molecule has 0 spiro atoms. The Hall–Kier alpha value is -0.420. The van der Waals surface area contributed by atoms with E-state index in [1.54, 1.807) is 23.5 Å². The van der Waals surface area contributed by atoms with Crippen LogP contribution in [-0.4, -0.2) is 6.54 Å². The highest BCUT2D eigenvalue weighted by Gasteiger charge is 2.05. The molecule has 96 valence electrons. The lowest BCUT2D eigenvalue weighted by molar-refractivity contribution is 1.05. The van der Waals surface area contributed by atoms with Crippen LogP contribution in [0.4, 0.5) is 11.4 Å². The highest BCUT2D eigenvalue weighted by atomic mass is 79.9. The number of nitrogens with two attached hydrogens (primary N) is 1. The number of nitrogens with one attached hydrogen (secondary N) is 1. The Morgan fingerprint density at radius 3 is 2.61 bits per heavy atom. The highest BCUT2D eigenvalue weighted by molar-refractivity contribution is 9.11. The summed E-state index contributed by atoms with van der Waals surface area (Å²) < 4.78 is 1.14. The molecular formula is C12H11BrCl2N2S. The number of benzene rings is 1. The summed E-state index contributed by atoms with van der Waals surface area (Å²) in [6.45, 7) is 0.801. The molecule has 2 nitrogen and oxygen atoms in total. The van der Waals surface area contributed by atoms with Crippen molar-refractivity contribution in [3.05, 3.63) is 43.0 Å². The second kappa shape index (κ2) is 6.15. The molecule has 2 rings (SSSR count). The predicted molar refractivity (Wildman–Crippen MR) is 85.1 cm³/mol. The maximum atomic E-state index is 5.95. The molecule has 0 unspecified atom stereocenters. The monoisotopic (exact) mass is 364 g/mol. The summed E-state index contributed by atoms with van der Waals surface area (Å²) in [5.41, 5.74) is 7.29. The Kier molecular flexibility index (Phi) is 4.78. The lowest BCUT2D eigenvalue weighted by Gasteiger charge is -2.10. The normalized spacial score (nSPS) is 10.6. The highest BCUT2D eigenvalue weighted by Crippen LogP contribution is 2.30. The van der Waals surface area contributed by atoms with E-state index in [2.05, 4.69) is 27.3 Å². The zero-order valence-corrected chi connectivity index (χ0v) is 13.3. The fraction of sp³-hybridized carbons (Fsp3) is 0.167. The van der Waals surface area contributed by atoms with E-state index in [-0.39, 0.29) is 0 Å². The number of anilines is 2. The Labute approximate surface area is 128 Å². The predicted octanol–water partition coefficient (Wildman–Crippen LogP) is 5.05. The first-order valence-corrected chi connectivity index (χ1v) is 7.65. The van der Waals surface area contributed by atoms with Crippen LogP contribution in [-0.2, 0) is 6.42 Å². The van der Waals surface area contributed by atoms with Crippen LogP contribution in [0.5, 0.6) is 0 Å². The van der Waals surface area contributed by atoms with Crippen LogP contribution in [0.25, 0.3) is 0 Å². The fourth-order valence-corrected chi connectivity index (χ4v) is 3.34. The Morgan fingerprint density at radius 1 is 1.22 bits per heavy atom. The molecule has 0 radical (unpaired) electrons. The maximum Gasteiger partial charge on any atom is 0.0701 e. The van der Waals surface area contributed by atoms with Crippen molar-refractivity contribution in [1.29, 1.82) is 0 Å². The molecule has 0 atom stereocenters. The molecule has 6 heteroatoms. The largest absolute Gasteiger partial charge is 0.397 e. The van der Waals surface area contributed by atoms with Gasteiger partial charge in [0.2, 0.25) is 0 Å². The van der Waals surface area contributed by atoms with E-state index in [9.17, 15) is 0 Å². The smallest absolute Gasteiger partial charge is 0.0701 e. The molecule has 0 aliphatic heterocycles. The van der Waals surface area contributed by atoms with Crippen molar-refractivity contribution in [3.8, 4) is 0 Å². The molecule has 0 fully saturated rings. The lowest BCUT2D eigenvalue weighted by Crippen LogP contribution is -2.06. The molecule has 0 aliphatic carbocycles. The minimum absolute atomic E-state index is 0.474. The average molecular weight is 366 g/mol. The third-order valence-corrected chi connectivity index (χ3v) is 4.81. The van der Waals surface area contributed by atoms with Gasteiger partial charge < -0.3 is 11.1 Å². The Bertz CT molecular complexity index is 557. The first-order chi connectivity index (χ1) is 8.56. The van der Waals surface area contributed by atoms with Gasteiger partial charge in [0.05, 0.1) is 25.2 Å². The first kappa shape index (κ1) is 14.0. The summed E-state index contributed by atoms with van der Waals surface area (Å²) in [6, 6.07) is 7.57. The van der Waals surface area contributed by atoms with Gasteiger partial charge in [0.15, 0.2) is 0 Å². The molecule has 0 bridgehead atoms. The van der Waals surface area contributed by atoms with E-state index in [0.717, 1.165) is 22.4 Å². The minimum Gasteiger partial charge on any atom is -0.397 e. The van der Waals surface area contributed by atoms with Crippen molar-refractivity contribution in [2.45, 2.75) is 6.42 Å². The number of thiophene rings is 1. The van der Waals surface area contributed by atoms with Gasteiger partial charge in [0.25, 0.3) is 0 Å². The van der Waals surface area contributed by atoms with Crippen molar-refractivity contribution < 1.29 is 0 Å². The Morgan fingerprint density at radius 2 is 1.94 bits per heavy atom. The molecule has 1 aromatic heterocycles. The molecule has 0 aliphatic rings. The fourth-order valence-electron chi connectivity index (χ4n) is 1.52. The molecule has 1 heterocycles. The van der Waals surface area contributed by atoms with Crippen LogP contribution in [0, 0.1) is 0 Å². The summed E-state index contributed by atoms with van der Waals surface area (Å²) in [5, 5.41) is 4.24. The van der Waals surface area contributed by atoms with Crippen molar-refractivity contribution in [1.82, 2.24) is 0 Å². The zero-order chi connectivity index (χ0) is 13.1. The summed E-state index contributed by atoms with van der Waals surface area (Å²) in [7, 11) is 0. The molecule has 0 saturated heterocycles. The molecule has 0 amide bonds. The summed E-state index contributed by atoms with van der Waals surface area (Å²) in [4.78, 5) is 1.31. The van der Waals surface area contributed by atoms with E-state index < -0.39 is 0 Å². The van der Waals surface area contributed by atoms with Gasteiger partial charge in [-0.05, 0) is 46.6 Å². The first-order valence-electron chi connectivity index (χ1n) is 5.29.